The first-order valence-electron chi connectivity index (χ1n) is 18.7. The van der Waals surface area contributed by atoms with Crippen LogP contribution in [0, 0.1) is 34.5 Å². The van der Waals surface area contributed by atoms with Gasteiger partial charge in [0.25, 0.3) is 0 Å². The first kappa shape index (κ1) is 34.9. The lowest BCUT2D eigenvalue weighted by molar-refractivity contribution is -0.137. The summed E-state index contributed by atoms with van der Waals surface area (Å²) in [6.07, 6.45) is 7.25. The number of rotatable bonds is 8. The van der Waals surface area contributed by atoms with Gasteiger partial charge in [-0.25, -0.2) is 14.8 Å². The van der Waals surface area contributed by atoms with Crippen molar-refractivity contribution in [1.29, 1.82) is 0 Å². The maximum absolute atomic E-state index is 13.8. The number of likely N-dealkylation sites (tertiary alicyclic amines) is 2. The number of aromatic amines is 2. The molecule has 12 heteroatoms. The predicted molar refractivity (Wildman–Crippen MR) is 197 cm³/mol. The van der Waals surface area contributed by atoms with E-state index in [9.17, 15) is 18.8 Å². The number of carbonyl (C=O) groups is 3. The highest BCUT2D eigenvalue weighted by molar-refractivity contribution is 5.87. The van der Waals surface area contributed by atoms with Crippen LogP contribution < -0.4 is 5.32 Å². The number of imidazole rings is 2. The van der Waals surface area contributed by atoms with Crippen molar-refractivity contribution in [3.05, 3.63) is 71.4 Å². The number of hydrogen-bond donors (Lipinski definition) is 3. The Morgan fingerprint density at radius 2 is 1.53 bits per heavy atom. The molecule has 2 aliphatic heterocycles. The van der Waals surface area contributed by atoms with Crippen molar-refractivity contribution in [2.75, 3.05) is 26.9 Å². The number of fused-ring (bicyclic) bond motifs is 1. The number of alkyl carbamates (subject to hydrolysis) is 1. The second-order valence-corrected chi connectivity index (χ2v) is 16.1. The van der Waals surface area contributed by atoms with Crippen molar-refractivity contribution in [1.82, 2.24) is 35.1 Å². The normalized spacial score (nSPS) is 21.8. The number of hydrogen-bond acceptors (Lipinski definition) is 6. The summed E-state index contributed by atoms with van der Waals surface area (Å²) >= 11 is 0. The number of amides is 3. The van der Waals surface area contributed by atoms with E-state index in [4.69, 9.17) is 9.72 Å². The zero-order valence-electron chi connectivity index (χ0n) is 30.7. The van der Waals surface area contributed by atoms with E-state index >= 15 is 0 Å². The van der Waals surface area contributed by atoms with Crippen molar-refractivity contribution >= 4 is 28.9 Å². The van der Waals surface area contributed by atoms with E-state index in [1.807, 2.05) is 66.1 Å². The zero-order valence-corrected chi connectivity index (χ0v) is 30.7. The van der Waals surface area contributed by atoms with Gasteiger partial charge in [0, 0.05) is 24.2 Å². The van der Waals surface area contributed by atoms with E-state index < -0.39 is 24.7 Å². The molecule has 4 aromatic rings. The molecule has 2 saturated carbocycles. The molecule has 0 radical (unpaired) electrons. The molecule has 4 atom stereocenters. The molecule has 4 heterocycles. The summed E-state index contributed by atoms with van der Waals surface area (Å²) in [5.41, 5.74) is 5.45. The van der Waals surface area contributed by atoms with Crippen LogP contribution in [0.4, 0.5) is 9.18 Å². The van der Waals surface area contributed by atoms with Gasteiger partial charge in [-0.2, -0.15) is 0 Å². The quantitative estimate of drug-likeness (QED) is 0.179. The zero-order chi connectivity index (χ0) is 37.1. The van der Waals surface area contributed by atoms with Gasteiger partial charge in [0.15, 0.2) is 0 Å². The summed E-state index contributed by atoms with van der Waals surface area (Å²) in [5.74, 6) is 7.03. The standard InChI is InChI=1S/C41H46FN7O4/c1-24(2)34(47-39(52)53-4)38(51)49-23-41(15-16-41)19-33(49)36-44-29-12-9-27(17-30(29)45-36)6-5-26-7-10-28(11-8-26)31-21-43-35(46-31)32-18-40(13-14-40)22-48(32)37(50)25(3)20-42/h7-12,17,21,24-25,32-34H,13-16,18-20,22-23H2,1-4H3,(H,43,46)(H,44,45)(H,47,52)/t25-,32-,33-,34-/m0/s1. The molecule has 11 nitrogen and oxygen atoms in total. The Morgan fingerprint density at radius 3 is 2.15 bits per heavy atom. The van der Waals surface area contributed by atoms with Crippen LogP contribution in [-0.4, -0.2) is 80.6 Å². The smallest absolute Gasteiger partial charge is 0.407 e. The Bertz CT molecular complexity index is 2120. The molecule has 0 unspecified atom stereocenters. The average molecular weight is 720 g/mol. The van der Waals surface area contributed by atoms with E-state index in [1.165, 1.54) is 7.11 Å². The maximum atomic E-state index is 13.8. The Balaban J connectivity index is 0.965. The molecule has 3 amide bonds. The minimum atomic E-state index is -0.691. The summed E-state index contributed by atoms with van der Waals surface area (Å²) in [6, 6.07) is 12.8. The van der Waals surface area contributed by atoms with Gasteiger partial charge >= 0.3 is 6.09 Å². The van der Waals surface area contributed by atoms with E-state index in [0.29, 0.717) is 13.1 Å². The molecular formula is C41H46FN7O4. The second-order valence-electron chi connectivity index (χ2n) is 16.1. The number of H-pyrrole nitrogens is 2. The summed E-state index contributed by atoms with van der Waals surface area (Å²) in [5, 5.41) is 2.74. The van der Waals surface area contributed by atoms with Gasteiger partial charge in [-0.15, -0.1) is 0 Å². The van der Waals surface area contributed by atoms with Crippen molar-refractivity contribution in [3.63, 3.8) is 0 Å². The molecule has 53 heavy (non-hydrogen) atoms. The molecule has 4 aliphatic rings. The van der Waals surface area contributed by atoms with Gasteiger partial charge < -0.3 is 29.8 Å². The molecule has 4 fully saturated rings. The Morgan fingerprint density at radius 1 is 0.906 bits per heavy atom. The van der Waals surface area contributed by atoms with E-state index in [2.05, 4.69) is 32.1 Å². The predicted octanol–water partition coefficient (Wildman–Crippen LogP) is 6.45. The summed E-state index contributed by atoms with van der Waals surface area (Å²) in [4.78, 5) is 59.1. The van der Waals surface area contributed by atoms with Crippen molar-refractivity contribution in [2.45, 2.75) is 77.4 Å². The summed E-state index contributed by atoms with van der Waals surface area (Å²) in [6.45, 7) is 6.15. The van der Waals surface area contributed by atoms with Gasteiger partial charge in [0.2, 0.25) is 11.8 Å². The van der Waals surface area contributed by atoms with Gasteiger partial charge in [0.05, 0.1) is 48.0 Å². The molecule has 2 aromatic heterocycles. The van der Waals surface area contributed by atoms with E-state index in [0.717, 1.165) is 83.6 Å². The molecular weight excluding hydrogens is 673 g/mol. The van der Waals surface area contributed by atoms with Crippen molar-refractivity contribution in [3.8, 4) is 23.1 Å². The first-order chi connectivity index (χ1) is 25.5. The van der Waals surface area contributed by atoms with Crippen LogP contribution in [0.1, 0.15) is 94.2 Å². The third-order valence-electron chi connectivity index (χ3n) is 11.8. The van der Waals surface area contributed by atoms with Crippen LogP contribution in [0.5, 0.6) is 0 Å². The van der Waals surface area contributed by atoms with Crippen molar-refractivity contribution in [2.24, 2.45) is 22.7 Å². The van der Waals surface area contributed by atoms with Crippen LogP contribution in [0.25, 0.3) is 22.3 Å². The molecule has 8 rings (SSSR count). The molecule has 2 aliphatic carbocycles. The number of nitrogens with one attached hydrogen (secondary N) is 3. The number of methoxy groups -OCH3 is 1. The SMILES string of the molecule is COC(=O)N[C@H](C(=O)N1CC2(CC2)C[C@H]1c1nc2ccc(C#Cc3ccc(-c4cnc([C@@H]5CC6(CC6)CN5C(=O)[C@@H](C)CF)[nH]4)cc3)cc2[nH]1)C(C)C. The molecule has 276 valence electrons. The number of aromatic nitrogens is 4. The number of alkyl halides is 1. The topological polar surface area (TPSA) is 136 Å². The van der Waals surface area contributed by atoms with Gasteiger partial charge in [0.1, 0.15) is 24.4 Å². The lowest BCUT2D eigenvalue weighted by Crippen LogP contribution is -2.51. The Kier molecular flexibility index (Phi) is 8.78. The van der Waals surface area contributed by atoms with E-state index in [1.54, 1.807) is 13.1 Å². The van der Waals surface area contributed by atoms with Crippen LogP contribution in [0.2, 0.25) is 0 Å². The minimum absolute atomic E-state index is 0.107. The summed E-state index contributed by atoms with van der Waals surface area (Å²) in [7, 11) is 1.30. The maximum Gasteiger partial charge on any atom is 0.407 e. The van der Waals surface area contributed by atoms with Crippen LogP contribution in [0.3, 0.4) is 0 Å². The number of nitrogens with zero attached hydrogens (tertiary/aromatic N) is 4. The molecule has 2 saturated heterocycles. The largest absolute Gasteiger partial charge is 0.453 e. The molecule has 2 spiro atoms. The fraction of sp³-hybridized carbons (Fsp3) is 0.488. The molecule has 0 bridgehead atoms. The van der Waals surface area contributed by atoms with E-state index in [-0.39, 0.29) is 40.6 Å². The highest BCUT2D eigenvalue weighted by Gasteiger charge is 2.56. The Hall–Kier alpha value is -5.18. The summed E-state index contributed by atoms with van der Waals surface area (Å²) < 4.78 is 18.2. The van der Waals surface area contributed by atoms with Crippen LogP contribution in [0.15, 0.2) is 48.7 Å². The van der Waals surface area contributed by atoms with Gasteiger partial charge in [-0.1, -0.05) is 44.7 Å². The lowest BCUT2D eigenvalue weighted by Gasteiger charge is -2.30. The number of carbonyl (C=O) groups excluding carboxylic acids is 3. The lowest BCUT2D eigenvalue weighted by atomic mass is 10.0. The monoisotopic (exact) mass is 719 g/mol. The van der Waals surface area contributed by atoms with Crippen LogP contribution in [-0.2, 0) is 14.3 Å². The highest BCUT2D eigenvalue weighted by atomic mass is 19.1. The fourth-order valence-corrected chi connectivity index (χ4v) is 8.16. The van der Waals surface area contributed by atoms with Gasteiger partial charge in [-0.3, -0.25) is 14.0 Å². The number of benzene rings is 2. The van der Waals surface area contributed by atoms with Crippen LogP contribution >= 0.6 is 0 Å². The minimum Gasteiger partial charge on any atom is -0.453 e. The van der Waals surface area contributed by atoms with Gasteiger partial charge in [-0.05, 0) is 91.2 Å². The molecule has 2 aromatic carbocycles. The number of halogens is 1. The average Bonchev–Trinajstić information content (AvgIpc) is 3.78. The fourth-order valence-electron chi connectivity index (χ4n) is 8.16. The van der Waals surface area contributed by atoms with Crippen molar-refractivity contribution < 1.29 is 23.5 Å². The third kappa shape index (κ3) is 6.78. The molecule has 3 N–H and O–H groups in total. The second kappa shape index (κ2) is 13.3. The third-order valence-corrected chi connectivity index (χ3v) is 11.8. The first-order valence-corrected chi connectivity index (χ1v) is 18.7. The highest BCUT2D eigenvalue weighted by Crippen LogP contribution is 2.59. The Labute approximate surface area is 308 Å². The number of ether oxygens (including phenoxy) is 1.